The molecule has 0 unspecified atom stereocenters. The van der Waals surface area contributed by atoms with Crippen LogP contribution in [0.3, 0.4) is 0 Å². The predicted octanol–water partition coefficient (Wildman–Crippen LogP) is 3.61. The van der Waals surface area contributed by atoms with Crippen LogP contribution in [0.1, 0.15) is 15.2 Å². The number of rotatable bonds is 6. The fourth-order valence-electron chi connectivity index (χ4n) is 2.45. The molecule has 2 amide bonds. The van der Waals surface area contributed by atoms with Gasteiger partial charge >= 0.3 is 0 Å². The molecule has 2 N–H and O–H groups in total. The lowest BCUT2D eigenvalue weighted by Crippen LogP contribution is -2.36. The van der Waals surface area contributed by atoms with Crippen LogP contribution in [0.5, 0.6) is 5.75 Å². The zero-order valence-corrected chi connectivity index (χ0v) is 15.6. The maximum atomic E-state index is 12.3. The highest BCUT2D eigenvalue weighted by Crippen LogP contribution is 2.34. The van der Waals surface area contributed by atoms with Gasteiger partial charge in [-0.1, -0.05) is 41.9 Å². The third kappa shape index (κ3) is 4.15. The molecule has 0 saturated carbocycles. The van der Waals surface area contributed by atoms with Crippen LogP contribution >= 0.6 is 22.9 Å². The SMILES string of the molecule is COc1cccc(CNC(=O)CNC(=O)c2sc3ccccc3c2Cl)c1. The number of carbonyl (C=O) groups excluding carboxylic acids is 2. The highest BCUT2D eigenvalue weighted by atomic mass is 35.5. The molecule has 1 aromatic heterocycles. The Balaban J connectivity index is 1.55. The summed E-state index contributed by atoms with van der Waals surface area (Å²) in [5.41, 5.74) is 0.913. The van der Waals surface area contributed by atoms with Gasteiger partial charge in [0.05, 0.1) is 18.7 Å². The molecule has 0 aliphatic heterocycles. The van der Waals surface area contributed by atoms with E-state index in [9.17, 15) is 9.59 Å². The molecule has 0 radical (unpaired) electrons. The molecule has 2 aromatic carbocycles. The van der Waals surface area contributed by atoms with Crippen molar-refractivity contribution in [1.82, 2.24) is 10.6 Å². The number of ether oxygens (including phenoxy) is 1. The van der Waals surface area contributed by atoms with Gasteiger partial charge in [0, 0.05) is 16.6 Å². The normalized spacial score (nSPS) is 10.5. The molecule has 1 heterocycles. The second-order valence-corrected chi connectivity index (χ2v) is 6.98. The summed E-state index contributed by atoms with van der Waals surface area (Å²) in [4.78, 5) is 24.7. The van der Waals surface area contributed by atoms with Gasteiger partial charge in [0.25, 0.3) is 5.91 Å². The molecule has 26 heavy (non-hydrogen) atoms. The molecule has 0 spiro atoms. The third-order valence-electron chi connectivity index (χ3n) is 3.77. The number of amides is 2. The molecular formula is C19H17ClN2O3S. The Morgan fingerprint density at radius 2 is 1.92 bits per heavy atom. The summed E-state index contributed by atoms with van der Waals surface area (Å²) in [7, 11) is 1.59. The van der Waals surface area contributed by atoms with E-state index < -0.39 is 0 Å². The predicted molar refractivity (Wildman–Crippen MR) is 104 cm³/mol. The van der Waals surface area contributed by atoms with Crippen molar-refractivity contribution in [3.05, 3.63) is 64.0 Å². The highest BCUT2D eigenvalue weighted by Gasteiger charge is 2.17. The van der Waals surface area contributed by atoms with Crippen LogP contribution in [0.25, 0.3) is 10.1 Å². The molecule has 0 aliphatic carbocycles. The molecule has 0 fully saturated rings. The van der Waals surface area contributed by atoms with E-state index in [1.807, 2.05) is 48.5 Å². The standard InChI is InChI=1S/C19H17ClN2O3S/c1-25-13-6-4-5-12(9-13)10-21-16(23)11-22-19(24)18-17(20)14-7-2-3-8-15(14)26-18/h2-9H,10-11H2,1H3,(H,21,23)(H,22,24). The van der Waals surface area contributed by atoms with Gasteiger partial charge in [-0.25, -0.2) is 0 Å². The quantitative estimate of drug-likeness (QED) is 0.677. The van der Waals surface area contributed by atoms with Crippen molar-refractivity contribution >= 4 is 44.8 Å². The Labute approximate surface area is 159 Å². The van der Waals surface area contributed by atoms with Gasteiger partial charge < -0.3 is 15.4 Å². The summed E-state index contributed by atoms with van der Waals surface area (Å²) in [6, 6.07) is 15.0. The van der Waals surface area contributed by atoms with Gasteiger partial charge in [0.2, 0.25) is 5.91 Å². The fraction of sp³-hybridized carbons (Fsp3) is 0.158. The van der Waals surface area contributed by atoms with Crippen molar-refractivity contribution in [3.8, 4) is 5.75 Å². The Morgan fingerprint density at radius 1 is 1.12 bits per heavy atom. The minimum absolute atomic E-state index is 0.118. The monoisotopic (exact) mass is 388 g/mol. The van der Waals surface area contributed by atoms with Gasteiger partial charge in [-0.2, -0.15) is 0 Å². The number of fused-ring (bicyclic) bond motifs is 1. The first kappa shape index (κ1) is 18.2. The Hall–Kier alpha value is -2.57. The van der Waals surface area contributed by atoms with Crippen LogP contribution in [0, 0.1) is 0 Å². The number of methoxy groups -OCH3 is 1. The van der Waals surface area contributed by atoms with E-state index in [0.717, 1.165) is 21.4 Å². The maximum Gasteiger partial charge on any atom is 0.263 e. The first-order chi connectivity index (χ1) is 12.6. The molecule has 0 atom stereocenters. The Kier molecular flexibility index (Phi) is 5.75. The van der Waals surface area contributed by atoms with Crippen molar-refractivity contribution < 1.29 is 14.3 Å². The Morgan fingerprint density at radius 3 is 2.69 bits per heavy atom. The van der Waals surface area contributed by atoms with E-state index in [4.69, 9.17) is 16.3 Å². The summed E-state index contributed by atoms with van der Waals surface area (Å²) in [5, 5.41) is 6.63. The maximum absolute atomic E-state index is 12.3. The number of hydrogen-bond acceptors (Lipinski definition) is 4. The van der Waals surface area contributed by atoms with Gasteiger partial charge in [0.1, 0.15) is 10.6 Å². The molecule has 0 aliphatic rings. The van der Waals surface area contributed by atoms with Crippen molar-refractivity contribution in [2.24, 2.45) is 0 Å². The van der Waals surface area contributed by atoms with Crippen molar-refractivity contribution in [3.63, 3.8) is 0 Å². The number of nitrogens with one attached hydrogen (secondary N) is 2. The lowest BCUT2D eigenvalue weighted by molar-refractivity contribution is -0.120. The van der Waals surface area contributed by atoms with Crippen LogP contribution in [0.2, 0.25) is 5.02 Å². The van der Waals surface area contributed by atoms with Gasteiger partial charge in [-0.05, 0) is 23.8 Å². The molecule has 3 aromatic rings. The summed E-state index contributed by atoms with van der Waals surface area (Å²) in [6.45, 7) is 0.239. The molecule has 3 rings (SSSR count). The number of halogens is 1. The van der Waals surface area contributed by atoms with Gasteiger partial charge in [-0.3, -0.25) is 9.59 Å². The Bertz CT molecular complexity index is 955. The van der Waals surface area contributed by atoms with Crippen LogP contribution in [-0.2, 0) is 11.3 Å². The van der Waals surface area contributed by atoms with E-state index in [1.165, 1.54) is 11.3 Å². The molecule has 0 bridgehead atoms. The topological polar surface area (TPSA) is 67.4 Å². The summed E-state index contributed by atoms with van der Waals surface area (Å²) in [5.74, 6) is 0.0931. The number of thiophene rings is 1. The van der Waals surface area contributed by atoms with Crippen molar-refractivity contribution in [2.75, 3.05) is 13.7 Å². The largest absolute Gasteiger partial charge is 0.497 e. The van der Waals surface area contributed by atoms with E-state index in [0.29, 0.717) is 16.4 Å². The summed E-state index contributed by atoms with van der Waals surface area (Å²) < 4.78 is 6.08. The smallest absolute Gasteiger partial charge is 0.263 e. The zero-order chi connectivity index (χ0) is 18.5. The average molecular weight is 389 g/mol. The highest BCUT2D eigenvalue weighted by molar-refractivity contribution is 7.21. The van der Waals surface area contributed by atoms with Crippen molar-refractivity contribution in [1.29, 1.82) is 0 Å². The van der Waals surface area contributed by atoms with Gasteiger partial charge in [0.15, 0.2) is 0 Å². The minimum Gasteiger partial charge on any atom is -0.497 e. The summed E-state index contributed by atoms with van der Waals surface area (Å²) >= 11 is 7.58. The van der Waals surface area contributed by atoms with E-state index in [2.05, 4.69) is 10.6 Å². The zero-order valence-electron chi connectivity index (χ0n) is 14.0. The van der Waals surface area contributed by atoms with Crippen LogP contribution in [0.15, 0.2) is 48.5 Å². The van der Waals surface area contributed by atoms with Crippen LogP contribution < -0.4 is 15.4 Å². The number of benzene rings is 2. The molecule has 134 valence electrons. The van der Waals surface area contributed by atoms with Crippen molar-refractivity contribution in [2.45, 2.75) is 6.54 Å². The number of hydrogen-bond donors (Lipinski definition) is 2. The van der Waals surface area contributed by atoms with Gasteiger partial charge in [-0.15, -0.1) is 11.3 Å². The van der Waals surface area contributed by atoms with E-state index >= 15 is 0 Å². The lowest BCUT2D eigenvalue weighted by Gasteiger charge is -2.08. The lowest BCUT2D eigenvalue weighted by atomic mass is 10.2. The molecule has 7 heteroatoms. The van der Waals surface area contributed by atoms with E-state index in [1.54, 1.807) is 7.11 Å². The first-order valence-corrected chi connectivity index (χ1v) is 9.13. The minimum atomic E-state index is -0.354. The third-order valence-corrected chi connectivity index (χ3v) is 5.45. The summed E-state index contributed by atoms with van der Waals surface area (Å²) in [6.07, 6.45) is 0. The van der Waals surface area contributed by atoms with Crippen LogP contribution in [0.4, 0.5) is 0 Å². The second-order valence-electron chi connectivity index (χ2n) is 5.55. The average Bonchev–Trinajstić information content (AvgIpc) is 3.01. The first-order valence-electron chi connectivity index (χ1n) is 7.93. The van der Waals surface area contributed by atoms with Crippen LogP contribution in [-0.4, -0.2) is 25.5 Å². The van der Waals surface area contributed by atoms with E-state index in [-0.39, 0.29) is 18.4 Å². The molecule has 0 saturated heterocycles. The number of carbonyl (C=O) groups is 2. The molecule has 5 nitrogen and oxygen atoms in total. The molecular weight excluding hydrogens is 372 g/mol. The fourth-order valence-corrected chi connectivity index (χ4v) is 3.88. The second kappa shape index (κ2) is 8.21.